The fourth-order valence-electron chi connectivity index (χ4n) is 1.36. The zero-order valence-corrected chi connectivity index (χ0v) is 11.4. The minimum absolute atomic E-state index is 0.0788. The molecule has 0 radical (unpaired) electrons. The molecular formula is C13H18N4O2. The van der Waals surface area contributed by atoms with Crippen LogP contribution in [0.4, 0.5) is 0 Å². The lowest BCUT2D eigenvalue weighted by Crippen LogP contribution is -2.35. The van der Waals surface area contributed by atoms with Gasteiger partial charge in [-0.05, 0) is 32.9 Å². The summed E-state index contributed by atoms with van der Waals surface area (Å²) in [6, 6.07) is 3.82. The monoisotopic (exact) mass is 262 g/mol. The summed E-state index contributed by atoms with van der Waals surface area (Å²) in [5, 5.41) is 7.04. The third-order valence-electron chi connectivity index (χ3n) is 2.37. The number of hydrogen-bond acceptors (Lipinski definition) is 6. The Hall–Kier alpha value is -1.95. The van der Waals surface area contributed by atoms with Gasteiger partial charge in [-0.1, -0.05) is 5.16 Å². The van der Waals surface area contributed by atoms with Crippen molar-refractivity contribution in [2.75, 3.05) is 0 Å². The average molecular weight is 262 g/mol. The summed E-state index contributed by atoms with van der Waals surface area (Å²) in [7, 11) is 0. The third kappa shape index (κ3) is 4.67. The van der Waals surface area contributed by atoms with E-state index in [-0.39, 0.29) is 12.1 Å². The van der Waals surface area contributed by atoms with E-state index in [2.05, 4.69) is 45.7 Å². The zero-order valence-electron chi connectivity index (χ0n) is 11.4. The predicted molar refractivity (Wildman–Crippen MR) is 69.5 cm³/mol. The number of ether oxygens (including phenoxy) is 1. The Balaban J connectivity index is 1.84. The van der Waals surface area contributed by atoms with Crippen LogP contribution < -0.4 is 10.1 Å². The van der Waals surface area contributed by atoms with Gasteiger partial charge in [0.25, 0.3) is 0 Å². The van der Waals surface area contributed by atoms with Crippen LogP contribution in [0.25, 0.3) is 0 Å². The highest BCUT2D eigenvalue weighted by Crippen LogP contribution is 2.11. The van der Waals surface area contributed by atoms with Crippen molar-refractivity contribution < 1.29 is 9.26 Å². The van der Waals surface area contributed by atoms with E-state index in [1.807, 2.05) is 12.1 Å². The first-order valence-corrected chi connectivity index (χ1v) is 6.11. The molecule has 0 aliphatic rings. The van der Waals surface area contributed by atoms with Crippen molar-refractivity contribution >= 4 is 0 Å². The summed E-state index contributed by atoms with van der Waals surface area (Å²) >= 11 is 0. The number of rotatable bonds is 5. The molecule has 0 amide bonds. The van der Waals surface area contributed by atoms with E-state index in [9.17, 15) is 0 Å². The molecular weight excluding hydrogens is 244 g/mol. The molecule has 0 aromatic carbocycles. The SMILES string of the molecule is CC(C)(C)NCc1ccc(OCc2ncon2)cn1. The second-order valence-electron chi connectivity index (χ2n) is 5.22. The summed E-state index contributed by atoms with van der Waals surface area (Å²) in [4.78, 5) is 8.20. The minimum atomic E-state index is 0.0788. The van der Waals surface area contributed by atoms with Gasteiger partial charge in [-0.25, -0.2) is 0 Å². The van der Waals surface area contributed by atoms with Gasteiger partial charge in [0, 0.05) is 12.1 Å². The Morgan fingerprint density at radius 1 is 1.26 bits per heavy atom. The molecule has 19 heavy (non-hydrogen) atoms. The summed E-state index contributed by atoms with van der Waals surface area (Å²) in [6.07, 6.45) is 2.97. The maximum Gasteiger partial charge on any atom is 0.213 e. The van der Waals surface area contributed by atoms with Crippen molar-refractivity contribution in [1.82, 2.24) is 20.4 Å². The van der Waals surface area contributed by atoms with Crippen LogP contribution in [0.15, 0.2) is 29.2 Å². The van der Waals surface area contributed by atoms with E-state index >= 15 is 0 Å². The second kappa shape index (κ2) is 5.79. The molecule has 2 aromatic rings. The van der Waals surface area contributed by atoms with Crippen LogP contribution in [-0.2, 0) is 13.2 Å². The highest BCUT2D eigenvalue weighted by molar-refractivity contribution is 5.20. The maximum absolute atomic E-state index is 5.48. The van der Waals surface area contributed by atoms with Crippen molar-refractivity contribution in [3.8, 4) is 5.75 Å². The normalized spacial score (nSPS) is 11.5. The van der Waals surface area contributed by atoms with E-state index in [1.54, 1.807) is 6.20 Å². The Morgan fingerprint density at radius 3 is 2.68 bits per heavy atom. The van der Waals surface area contributed by atoms with Crippen LogP contribution in [0, 0.1) is 0 Å². The summed E-state index contributed by atoms with van der Waals surface area (Å²) in [5.41, 5.74) is 1.05. The van der Waals surface area contributed by atoms with E-state index in [0.717, 1.165) is 12.2 Å². The van der Waals surface area contributed by atoms with Gasteiger partial charge in [0.15, 0.2) is 6.61 Å². The topological polar surface area (TPSA) is 73.1 Å². The smallest absolute Gasteiger partial charge is 0.213 e. The van der Waals surface area contributed by atoms with Gasteiger partial charge < -0.3 is 14.6 Å². The van der Waals surface area contributed by atoms with E-state index < -0.39 is 0 Å². The Bertz CT molecular complexity index is 488. The molecule has 1 N–H and O–H groups in total. The standard InChI is InChI=1S/C13H18N4O2/c1-13(2,3)16-6-10-4-5-11(7-14-10)18-8-12-15-9-19-17-12/h4-5,7,9,16H,6,8H2,1-3H3. The van der Waals surface area contributed by atoms with Crippen molar-refractivity contribution in [1.29, 1.82) is 0 Å². The fraction of sp³-hybridized carbons (Fsp3) is 0.462. The molecule has 0 aliphatic heterocycles. The lowest BCUT2D eigenvalue weighted by molar-refractivity contribution is 0.285. The summed E-state index contributed by atoms with van der Waals surface area (Å²) < 4.78 is 10.1. The average Bonchev–Trinajstić information content (AvgIpc) is 2.87. The highest BCUT2D eigenvalue weighted by atomic mass is 16.5. The zero-order chi connectivity index (χ0) is 13.7. The molecule has 0 saturated carbocycles. The molecule has 2 rings (SSSR count). The molecule has 0 bridgehead atoms. The Labute approximate surface area is 112 Å². The quantitative estimate of drug-likeness (QED) is 0.887. The maximum atomic E-state index is 5.48. The molecule has 2 aromatic heterocycles. The highest BCUT2D eigenvalue weighted by Gasteiger charge is 2.08. The van der Waals surface area contributed by atoms with Crippen molar-refractivity contribution in [3.05, 3.63) is 36.2 Å². The molecule has 0 fully saturated rings. The molecule has 0 unspecified atom stereocenters. The van der Waals surface area contributed by atoms with Gasteiger partial charge in [-0.2, -0.15) is 4.98 Å². The number of nitrogens with zero attached hydrogens (tertiary/aromatic N) is 3. The minimum Gasteiger partial charge on any atom is -0.484 e. The molecule has 0 spiro atoms. The Kier molecular flexibility index (Phi) is 4.11. The van der Waals surface area contributed by atoms with Crippen LogP contribution in [0.3, 0.4) is 0 Å². The van der Waals surface area contributed by atoms with E-state index in [4.69, 9.17) is 4.74 Å². The predicted octanol–water partition coefficient (Wildman–Crippen LogP) is 1.93. The summed E-state index contributed by atoms with van der Waals surface area (Å²) in [5.74, 6) is 1.20. The van der Waals surface area contributed by atoms with Crippen molar-refractivity contribution in [2.45, 2.75) is 39.5 Å². The molecule has 0 atom stereocenters. The van der Waals surface area contributed by atoms with Gasteiger partial charge >= 0.3 is 0 Å². The first-order chi connectivity index (χ1) is 9.03. The Morgan fingerprint density at radius 2 is 2.11 bits per heavy atom. The number of pyridine rings is 1. The van der Waals surface area contributed by atoms with Gasteiger partial charge in [0.05, 0.1) is 11.9 Å². The van der Waals surface area contributed by atoms with E-state index in [0.29, 0.717) is 11.6 Å². The molecule has 6 nitrogen and oxygen atoms in total. The van der Waals surface area contributed by atoms with Crippen molar-refractivity contribution in [3.63, 3.8) is 0 Å². The van der Waals surface area contributed by atoms with Crippen LogP contribution in [0.5, 0.6) is 5.75 Å². The number of hydrogen-bond donors (Lipinski definition) is 1. The first kappa shape index (κ1) is 13.5. The summed E-state index contributed by atoms with van der Waals surface area (Å²) in [6.45, 7) is 7.37. The van der Waals surface area contributed by atoms with Crippen LogP contribution in [0.1, 0.15) is 32.3 Å². The van der Waals surface area contributed by atoms with Crippen LogP contribution in [-0.4, -0.2) is 20.7 Å². The van der Waals surface area contributed by atoms with E-state index in [1.165, 1.54) is 6.39 Å². The fourth-order valence-corrected chi connectivity index (χ4v) is 1.36. The van der Waals surface area contributed by atoms with Crippen molar-refractivity contribution in [2.24, 2.45) is 0 Å². The van der Waals surface area contributed by atoms with Gasteiger partial charge in [-0.15, -0.1) is 0 Å². The second-order valence-corrected chi connectivity index (χ2v) is 5.22. The third-order valence-corrected chi connectivity index (χ3v) is 2.37. The molecule has 0 aliphatic carbocycles. The van der Waals surface area contributed by atoms with Gasteiger partial charge in [-0.3, -0.25) is 4.98 Å². The van der Waals surface area contributed by atoms with Crippen LogP contribution >= 0.6 is 0 Å². The van der Waals surface area contributed by atoms with Crippen LogP contribution in [0.2, 0.25) is 0 Å². The van der Waals surface area contributed by atoms with Gasteiger partial charge in [0.2, 0.25) is 12.2 Å². The molecule has 2 heterocycles. The lowest BCUT2D eigenvalue weighted by Gasteiger charge is -2.20. The molecule has 0 saturated heterocycles. The van der Waals surface area contributed by atoms with Gasteiger partial charge in [0.1, 0.15) is 5.75 Å². The first-order valence-electron chi connectivity index (χ1n) is 6.11. The molecule has 102 valence electrons. The number of aromatic nitrogens is 3. The lowest BCUT2D eigenvalue weighted by atomic mass is 10.1. The number of nitrogens with one attached hydrogen (secondary N) is 1. The largest absolute Gasteiger partial charge is 0.484 e. The molecule has 6 heteroatoms.